The van der Waals surface area contributed by atoms with Crippen LogP contribution in [0.3, 0.4) is 0 Å². The number of rotatable bonds is 8. The lowest BCUT2D eigenvalue weighted by atomic mass is 9.95. The van der Waals surface area contributed by atoms with E-state index in [9.17, 15) is 9.90 Å². The molecule has 0 saturated heterocycles. The van der Waals surface area contributed by atoms with Crippen LogP contribution in [0.2, 0.25) is 0 Å². The number of carboxylic acids is 1. The summed E-state index contributed by atoms with van der Waals surface area (Å²) in [6.45, 7) is 6.13. The average Bonchev–Trinajstić information content (AvgIpc) is 2.45. The maximum Gasteiger partial charge on any atom is 0.323 e. The molecule has 1 aromatic carbocycles. The summed E-state index contributed by atoms with van der Waals surface area (Å²) in [5, 5.41) is 12.5. The number of carbonyl (C=O) groups is 1. The molecule has 21 heavy (non-hydrogen) atoms. The Balaban J connectivity index is 2.95. The van der Waals surface area contributed by atoms with Crippen LogP contribution in [0.1, 0.15) is 37.8 Å². The van der Waals surface area contributed by atoms with E-state index >= 15 is 0 Å². The van der Waals surface area contributed by atoms with Crippen molar-refractivity contribution in [3.05, 3.63) is 23.3 Å². The van der Waals surface area contributed by atoms with Crippen LogP contribution in [-0.2, 0) is 11.3 Å². The molecule has 1 rings (SSSR count). The van der Waals surface area contributed by atoms with Gasteiger partial charge in [-0.25, -0.2) is 0 Å². The van der Waals surface area contributed by atoms with Gasteiger partial charge in [-0.05, 0) is 43.5 Å². The molecule has 0 aliphatic rings. The average molecular weight is 295 g/mol. The molecule has 0 saturated carbocycles. The van der Waals surface area contributed by atoms with E-state index in [1.807, 2.05) is 26.0 Å². The maximum atomic E-state index is 11.4. The third-order valence-electron chi connectivity index (χ3n) is 3.73. The van der Waals surface area contributed by atoms with E-state index in [1.165, 1.54) is 0 Å². The number of ether oxygens (including phenoxy) is 2. The van der Waals surface area contributed by atoms with Gasteiger partial charge in [0.15, 0.2) is 11.5 Å². The van der Waals surface area contributed by atoms with E-state index in [1.54, 1.807) is 21.1 Å². The van der Waals surface area contributed by atoms with Crippen LogP contribution < -0.4 is 14.8 Å². The predicted octanol–water partition coefficient (Wildman–Crippen LogP) is 2.75. The topological polar surface area (TPSA) is 67.8 Å². The third kappa shape index (κ3) is 4.11. The fraction of sp³-hybridized carbons (Fsp3) is 0.562. The minimum atomic E-state index is -0.922. The predicted molar refractivity (Wildman–Crippen MR) is 82.1 cm³/mol. The van der Waals surface area contributed by atoms with Crippen molar-refractivity contribution >= 4 is 5.97 Å². The van der Waals surface area contributed by atoms with Crippen molar-refractivity contribution in [2.45, 2.75) is 45.7 Å². The SMILES string of the molecule is CCCC(C)(NCc1cc(OC)c(OC)cc1C)C(=O)O. The molecule has 0 aromatic heterocycles. The molecule has 0 heterocycles. The second kappa shape index (κ2) is 7.31. The van der Waals surface area contributed by atoms with Gasteiger partial charge in [-0.1, -0.05) is 13.3 Å². The van der Waals surface area contributed by atoms with E-state index in [0.29, 0.717) is 24.5 Å². The van der Waals surface area contributed by atoms with Crippen LogP contribution in [0, 0.1) is 6.92 Å². The van der Waals surface area contributed by atoms with Crippen molar-refractivity contribution in [1.29, 1.82) is 0 Å². The van der Waals surface area contributed by atoms with Crippen LogP contribution in [0.15, 0.2) is 12.1 Å². The molecule has 1 aromatic rings. The number of aryl methyl sites for hydroxylation is 1. The second-order valence-electron chi connectivity index (χ2n) is 5.37. The zero-order valence-corrected chi connectivity index (χ0v) is 13.4. The maximum absolute atomic E-state index is 11.4. The minimum Gasteiger partial charge on any atom is -0.493 e. The largest absolute Gasteiger partial charge is 0.493 e. The fourth-order valence-corrected chi connectivity index (χ4v) is 2.27. The van der Waals surface area contributed by atoms with Gasteiger partial charge < -0.3 is 14.6 Å². The number of benzene rings is 1. The summed E-state index contributed by atoms with van der Waals surface area (Å²) in [5.41, 5.74) is 1.11. The third-order valence-corrected chi connectivity index (χ3v) is 3.73. The zero-order chi connectivity index (χ0) is 16.0. The smallest absolute Gasteiger partial charge is 0.323 e. The number of nitrogens with one attached hydrogen (secondary N) is 1. The zero-order valence-electron chi connectivity index (χ0n) is 13.4. The van der Waals surface area contributed by atoms with Gasteiger partial charge in [0.1, 0.15) is 5.54 Å². The highest BCUT2D eigenvalue weighted by atomic mass is 16.5. The van der Waals surface area contributed by atoms with Crippen LogP contribution in [0.25, 0.3) is 0 Å². The summed E-state index contributed by atoms with van der Waals surface area (Å²) in [6.07, 6.45) is 1.38. The lowest BCUT2D eigenvalue weighted by Crippen LogP contribution is -2.49. The van der Waals surface area contributed by atoms with Crippen LogP contribution in [0.4, 0.5) is 0 Å². The van der Waals surface area contributed by atoms with Crippen LogP contribution >= 0.6 is 0 Å². The standard InChI is InChI=1S/C16H25NO4/c1-6-7-16(3,15(18)19)17-10-12-9-14(21-5)13(20-4)8-11(12)2/h8-9,17H,6-7,10H2,1-5H3,(H,18,19). The molecule has 5 heteroatoms. The molecule has 0 bridgehead atoms. The van der Waals surface area contributed by atoms with Gasteiger partial charge in [0, 0.05) is 6.54 Å². The normalized spacial score (nSPS) is 13.6. The fourth-order valence-electron chi connectivity index (χ4n) is 2.27. The van der Waals surface area contributed by atoms with Gasteiger partial charge in [0.25, 0.3) is 0 Å². The second-order valence-corrected chi connectivity index (χ2v) is 5.37. The summed E-state index contributed by atoms with van der Waals surface area (Å²) < 4.78 is 10.5. The molecule has 0 amide bonds. The van der Waals surface area contributed by atoms with Gasteiger partial charge in [-0.2, -0.15) is 0 Å². The van der Waals surface area contributed by atoms with Gasteiger partial charge in [0.2, 0.25) is 0 Å². The molecule has 0 radical (unpaired) electrons. The molecule has 0 spiro atoms. The molecule has 0 aliphatic heterocycles. The Bertz CT molecular complexity index is 501. The molecule has 0 aliphatic carbocycles. The van der Waals surface area contributed by atoms with Crippen LogP contribution in [-0.4, -0.2) is 30.8 Å². The number of methoxy groups -OCH3 is 2. The van der Waals surface area contributed by atoms with Crippen molar-refractivity contribution in [2.75, 3.05) is 14.2 Å². The quantitative estimate of drug-likeness (QED) is 0.772. The Kier molecular flexibility index (Phi) is 6.03. The molecule has 2 N–H and O–H groups in total. The van der Waals surface area contributed by atoms with Crippen molar-refractivity contribution in [2.24, 2.45) is 0 Å². The van der Waals surface area contributed by atoms with Gasteiger partial charge in [-0.3, -0.25) is 10.1 Å². The number of carboxylic acid groups (broad SMARTS) is 1. The summed E-state index contributed by atoms with van der Waals surface area (Å²) in [4.78, 5) is 11.4. The van der Waals surface area contributed by atoms with Crippen molar-refractivity contribution in [3.8, 4) is 11.5 Å². The summed E-state index contributed by atoms with van der Waals surface area (Å²) in [5.74, 6) is 0.489. The first kappa shape index (κ1) is 17.3. The van der Waals surface area contributed by atoms with Gasteiger partial charge in [0.05, 0.1) is 14.2 Å². The van der Waals surface area contributed by atoms with Crippen molar-refractivity contribution in [3.63, 3.8) is 0 Å². The van der Waals surface area contributed by atoms with E-state index in [2.05, 4.69) is 5.32 Å². The molecular weight excluding hydrogens is 270 g/mol. The first-order chi connectivity index (χ1) is 9.87. The van der Waals surface area contributed by atoms with E-state index in [-0.39, 0.29) is 0 Å². The molecule has 1 atom stereocenters. The van der Waals surface area contributed by atoms with E-state index in [4.69, 9.17) is 9.47 Å². The number of aliphatic carboxylic acids is 1. The van der Waals surface area contributed by atoms with Crippen molar-refractivity contribution in [1.82, 2.24) is 5.32 Å². The molecule has 0 fully saturated rings. The molecule has 5 nitrogen and oxygen atoms in total. The molecular formula is C16H25NO4. The highest BCUT2D eigenvalue weighted by Gasteiger charge is 2.31. The Morgan fingerprint density at radius 2 is 1.86 bits per heavy atom. The highest BCUT2D eigenvalue weighted by molar-refractivity contribution is 5.78. The van der Waals surface area contributed by atoms with Gasteiger partial charge in [-0.15, -0.1) is 0 Å². The summed E-state index contributed by atoms with van der Waals surface area (Å²) in [7, 11) is 3.18. The monoisotopic (exact) mass is 295 g/mol. The lowest BCUT2D eigenvalue weighted by Gasteiger charge is -2.26. The Morgan fingerprint density at radius 3 is 2.33 bits per heavy atom. The molecule has 118 valence electrons. The number of hydrogen-bond acceptors (Lipinski definition) is 4. The Labute approximate surface area is 126 Å². The van der Waals surface area contributed by atoms with E-state index in [0.717, 1.165) is 17.5 Å². The van der Waals surface area contributed by atoms with E-state index < -0.39 is 11.5 Å². The highest BCUT2D eigenvalue weighted by Crippen LogP contribution is 2.30. The van der Waals surface area contributed by atoms with Crippen LogP contribution in [0.5, 0.6) is 11.5 Å². The Morgan fingerprint density at radius 1 is 1.29 bits per heavy atom. The number of hydrogen-bond donors (Lipinski definition) is 2. The summed E-state index contributed by atoms with van der Waals surface area (Å²) in [6, 6.07) is 3.78. The van der Waals surface area contributed by atoms with Gasteiger partial charge >= 0.3 is 5.97 Å². The minimum absolute atomic E-state index is 0.467. The molecule has 1 unspecified atom stereocenters. The summed E-state index contributed by atoms with van der Waals surface area (Å²) >= 11 is 0. The first-order valence-corrected chi connectivity index (χ1v) is 7.07. The first-order valence-electron chi connectivity index (χ1n) is 7.07. The van der Waals surface area contributed by atoms with Crippen molar-refractivity contribution < 1.29 is 19.4 Å². The Hall–Kier alpha value is -1.75. The lowest BCUT2D eigenvalue weighted by molar-refractivity contribution is -0.144.